The maximum Gasteiger partial charge on any atom is 3.00 e. The zero-order valence-electron chi connectivity index (χ0n) is 24.0. The average Bonchev–Trinajstić information content (AvgIpc) is 2.83. The third-order valence-corrected chi connectivity index (χ3v) is 3.72. The second-order valence-electron chi connectivity index (χ2n) is 7.88. The van der Waals surface area contributed by atoms with Gasteiger partial charge in [0.2, 0.25) is 0 Å². The standard InChI is InChI=1S/C20H24N2O4.C3H6O.Fe.Gd.3NO3/c1-20(2,22-12-15-8-6-10-17(26-4)19(15)24)13-21-11-14-7-5-9-16(25-3)18(14)23;1-3(2)4;;;3*2-1(3)4/h5-12,23-24H,13H2,1-4H3;1-2H3;;;;;/q;;+3;+2;3*-1/p-2. The number of Topliss-reactive ketones (excluding diaryl/α,β-unsaturated/α-hetero) is 1. The van der Waals surface area contributed by atoms with E-state index in [4.69, 9.17) is 55.4 Å². The molecule has 2 rings (SSSR count). The van der Waals surface area contributed by atoms with E-state index in [2.05, 4.69) is 9.98 Å². The van der Waals surface area contributed by atoms with Gasteiger partial charge in [-0.2, -0.15) is 0 Å². The number of methoxy groups -OCH3 is 2. The van der Waals surface area contributed by atoms with Crippen molar-refractivity contribution >= 4 is 18.2 Å². The van der Waals surface area contributed by atoms with Crippen LogP contribution in [0.25, 0.3) is 0 Å². The first-order valence-electron chi connectivity index (χ1n) is 11.0. The summed E-state index contributed by atoms with van der Waals surface area (Å²) in [6, 6.07) is 10.1. The van der Waals surface area contributed by atoms with Crippen molar-refractivity contribution in [2.45, 2.75) is 33.2 Å². The van der Waals surface area contributed by atoms with Crippen molar-refractivity contribution in [3.05, 3.63) is 93.5 Å². The molecule has 0 saturated heterocycles. The van der Waals surface area contributed by atoms with Crippen LogP contribution in [-0.2, 0) is 21.9 Å². The van der Waals surface area contributed by atoms with Gasteiger partial charge in [-0.3, -0.25) is 9.98 Å². The molecule has 0 aliphatic rings. The molecule has 0 atom stereocenters. The summed E-state index contributed by atoms with van der Waals surface area (Å²) < 4.78 is 10.0. The molecule has 19 nitrogen and oxygen atoms in total. The van der Waals surface area contributed by atoms with Gasteiger partial charge in [0.15, 0.2) is 0 Å². The van der Waals surface area contributed by atoms with Gasteiger partial charge in [-0.1, -0.05) is 35.8 Å². The van der Waals surface area contributed by atoms with Crippen LogP contribution in [0.1, 0.15) is 38.8 Å². The molecule has 0 aromatic heterocycles. The summed E-state index contributed by atoms with van der Waals surface area (Å²) in [7, 11) is 2.91. The van der Waals surface area contributed by atoms with Gasteiger partial charge in [-0.25, -0.2) is 0 Å². The Labute approximate surface area is 293 Å². The van der Waals surface area contributed by atoms with Gasteiger partial charge in [0.05, 0.1) is 41.6 Å². The molecule has 0 amide bonds. The molecule has 0 bridgehead atoms. The van der Waals surface area contributed by atoms with E-state index in [1.165, 1.54) is 40.5 Å². The van der Waals surface area contributed by atoms with Gasteiger partial charge in [-0.15, -0.1) is 0 Å². The molecule has 0 heterocycles. The smallest absolute Gasteiger partial charge is 0.870 e. The molecular weight excluding hydrogens is 783 g/mol. The largest absolute Gasteiger partial charge is 3.00 e. The Kier molecular flexibility index (Phi) is 31.5. The second kappa shape index (κ2) is 27.9. The van der Waals surface area contributed by atoms with Crippen LogP contribution in [0.15, 0.2) is 46.4 Å². The van der Waals surface area contributed by atoms with Gasteiger partial charge in [0.25, 0.3) is 0 Å². The van der Waals surface area contributed by atoms with Crippen LogP contribution in [0.4, 0.5) is 0 Å². The number of rotatable bonds is 7. The maximum atomic E-state index is 12.1. The van der Waals surface area contributed by atoms with Crippen LogP contribution in [0.5, 0.6) is 23.0 Å². The number of nitrogens with zero attached hydrogens (tertiary/aromatic N) is 5. The van der Waals surface area contributed by atoms with Gasteiger partial charge < -0.3 is 70.4 Å². The minimum absolute atomic E-state index is 0. The number of para-hydroxylation sites is 2. The Balaban J connectivity index is -0.000000234. The molecule has 2 aromatic carbocycles. The van der Waals surface area contributed by atoms with Crippen LogP contribution in [-0.4, -0.2) is 59.8 Å². The zero-order chi connectivity index (χ0) is 33.5. The molecule has 2 aromatic rings. The SMILES string of the molecule is CC(C)=O.COc1cccc(C=NCC(C)(C)N=Cc2cccc(OC)c2[O-])c1[O-].O=[N+]([O-])[O-].O=[N+]([O-])[O-].O=[N+]([O-])[O-].[Fe+3].[Gd+2]. The fourth-order valence-electron chi connectivity index (χ4n) is 2.24. The van der Waals surface area contributed by atoms with Crippen molar-refractivity contribution < 1.29 is 96.8 Å². The Morgan fingerprint density at radius 3 is 1.36 bits per heavy atom. The van der Waals surface area contributed by atoms with E-state index in [1.54, 1.807) is 36.4 Å². The molecule has 1 radical (unpaired) electrons. The van der Waals surface area contributed by atoms with Crippen LogP contribution in [0, 0.1) is 85.9 Å². The molecule has 0 fully saturated rings. The predicted octanol–water partition coefficient (Wildman–Crippen LogP) is 2.04. The van der Waals surface area contributed by atoms with Crippen molar-refractivity contribution in [1.82, 2.24) is 0 Å². The number of hydrogen-bond acceptors (Lipinski definition) is 16. The number of carbonyl (C=O) groups excluding carboxylic acids is 1. The number of carbonyl (C=O) groups is 1. The molecule has 0 N–H and O–H groups in total. The van der Waals surface area contributed by atoms with E-state index in [9.17, 15) is 15.0 Å². The number of aliphatic imine (C=N–C) groups is 2. The van der Waals surface area contributed by atoms with Crippen LogP contribution < -0.4 is 19.7 Å². The summed E-state index contributed by atoms with van der Waals surface area (Å²) in [5.74, 6) is 0.330. The quantitative estimate of drug-likeness (QED) is 0.167. The Bertz CT molecular complexity index is 1150. The van der Waals surface area contributed by atoms with Gasteiger partial charge in [0, 0.05) is 12.4 Å². The van der Waals surface area contributed by atoms with Crippen molar-refractivity contribution in [3.63, 3.8) is 0 Å². The van der Waals surface area contributed by atoms with Gasteiger partial charge in [-0.05, 0) is 51.0 Å². The predicted molar refractivity (Wildman–Crippen MR) is 146 cm³/mol. The molecule has 21 heteroatoms. The minimum atomic E-state index is -1.75. The van der Waals surface area contributed by atoms with E-state index < -0.39 is 20.8 Å². The molecule has 0 spiro atoms. The summed E-state index contributed by atoms with van der Waals surface area (Å²) in [6.07, 6.45) is 3.05. The minimum Gasteiger partial charge on any atom is -0.870 e. The van der Waals surface area contributed by atoms with Crippen molar-refractivity contribution in [3.8, 4) is 23.0 Å². The van der Waals surface area contributed by atoms with E-state index >= 15 is 0 Å². The second-order valence-corrected chi connectivity index (χ2v) is 7.88. The fourth-order valence-corrected chi connectivity index (χ4v) is 2.24. The first-order valence-corrected chi connectivity index (χ1v) is 11.0. The third kappa shape index (κ3) is 31.0. The van der Waals surface area contributed by atoms with Gasteiger partial charge in [0.1, 0.15) is 17.3 Å². The summed E-state index contributed by atoms with van der Waals surface area (Å²) in [5.41, 5.74) is 0.378. The Morgan fingerprint density at radius 1 is 0.773 bits per heavy atom. The number of benzene rings is 2. The molecule has 0 aliphatic heterocycles. The van der Waals surface area contributed by atoms with Crippen LogP contribution in [0.2, 0.25) is 0 Å². The first kappa shape index (κ1) is 49.8. The zero-order valence-corrected chi connectivity index (χ0v) is 27.4. The van der Waals surface area contributed by atoms with Gasteiger partial charge >= 0.3 is 57.0 Å². The molecule has 0 unspecified atom stereocenters. The van der Waals surface area contributed by atoms with Crippen molar-refractivity contribution in [2.75, 3.05) is 20.8 Å². The third-order valence-electron chi connectivity index (χ3n) is 3.72. The van der Waals surface area contributed by atoms with Crippen molar-refractivity contribution in [2.24, 2.45) is 9.98 Å². The van der Waals surface area contributed by atoms with Crippen LogP contribution in [0.3, 0.4) is 0 Å². The number of ketones is 1. The monoisotopic (exact) mass is 812 g/mol. The summed E-state index contributed by atoms with van der Waals surface area (Å²) in [6.45, 7) is 7.21. The van der Waals surface area contributed by atoms with Crippen molar-refractivity contribution in [1.29, 1.82) is 0 Å². The average molecular weight is 812 g/mol. The number of ether oxygens (including phenoxy) is 2. The molecule has 0 saturated carbocycles. The molecule has 44 heavy (non-hydrogen) atoms. The van der Waals surface area contributed by atoms with Crippen LogP contribution >= 0.6 is 0 Å². The van der Waals surface area contributed by atoms with E-state index in [-0.39, 0.29) is 85.8 Å². The molecule has 245 valence electrons. The first-order chi connectivity index (χ1) is 19.3. The molecular formula is C23H28FeGdN5O14. The maximum absolute atomic E-state index is 12.1. The molecule has 0 aliphatic carbocycles. The van der Waals surface area contributed by atoms with E-state index in [1.807, 2.05) is 13.8 Å². The topological polar surface area (TPSA) is 305 Å². The van der Waals surface area contributed by atoms with E-state index in [0.29, 0.717) is 17.7 Å². The normalized spacial score (nSPS) is 9.32. The summed E-state index contributed by atoms with van der Waals surface area (Å²) in [5, 5.41) is 68.4. The Morgan fingerprint density at radius 2 is 1.07 bits per heavy atom. The van der Waals surface area contributed by atoms with E-state index in [0.717, 1.165) is 0 Å². The number of hydrogen-bond donors (Lipinski definition) is 0. The summed E-state index contributed by atoms with van der Waals surface area (Å²) in [4.78, 5) is 43.0. The summed E-state index contributed by atoms with van der Waals surface area (Å²) >= 11 is 0. The Hall–Kier alpha value is -3.91. The fraction of sp³-hybridized carbons (Fsp3) is 0.348.